The topological polar surface area (TPSA) is 412 Å². The standard InChI is InChI=1S/C46H67N15O9S2/c1-25(63)55-30(15-9-18-52-44(48)49)38(65)57-32-17-20-71-72-46(2,3)36(37(47)64)61-42(69)34(22-27-23-54-29-14-8-7-13-28(27)29)59-39(66)31(16-10-19-53-45(50)51)56-41(68)33(21-26-11-5-4-6-12-26)58-43(70)35(24-62)60-40(32)67/h4-8,11-14,23,30-36,54,62H,9-10,15-22,24H2,1-3H3,(H2,47,64)(H,55,63)(H,56,68)(H,57,65)(H,58,70)(H,59,66)(H,60,67)(H,61,69)(H4,48,49,52)(H4,50,51,53)/t30-,31+,32+,33-,34+,35+,36-/m1/s1. The number of aromatic amines is 1. The molecule has 1 aliphatic heterocycles. The summed E-state index contributed by atoms with van der Waals surface area (Å²) in [4.78, 5) is 122. The first-order valence-electron chi connectivity index (χ1n) is 23.2. The number of hydrogen-bond acceptors (Lipinski definition) is 13. The number of aliphatic hydroxyl groups excluding tert-OH is 1. The van der Waals surface area contributed by atoms with Gasteiger partial charge in [0.25, 0.3) is 0 Å². The summed E-state index contributed by atoms with van der Waals surface area (Å²) in [6.07, 6.45) is 1.85. The second-order valence-electron chi connectivity index (χ2n) is 17.5. The molecule has 2 heterocycles. The van der Waals surface area contributed by atoms with Crippen molar-refractivity contribution < 1.29 is 43.5 Å². The lowest BCUT2D eigenvalue weighted by molar-refractivity contribution is -0.136. The third-order valence-electron chi connectivity index (χ3n) is 11.3. The van der Waals surface area contributed by atoms with E-state index < -0.39 is 101 Å². The summed E-state index contributed by atoms with van der Waals surface area (Å²) in [7, 11) is 2.32. The van der Waals surface area contributed by atoms with Gasteiger partial charge in [0.15, 0.2) is 11.9 Å². The van der Waals surface area contributed by atoms with Crippen LogP contribution in [0.3, 0.4) is 0 Å². The van der Waals surface area contributed by atoms with E-state index in [1.807, 2.05) is 24.3 Å². The molecule has 26 heteroatoms. The van der Waals surface area contributed by atoms with Crippen LogP contribution in [0.15, 0.2) is 70.8 Å². The predicted octanol–water partition coefficient (Wildman–Crippen LogP) is -2.48. The first-order valence-corrected chi connectivity index (χ1v) is 25.5. The molecule has 72 heavy (non-hydrogen) atoms. The maximum Gasteiger partial charge on any atom is 0.245 e. The molecule has 1 aliphatic rings. The second kappa shape index (κ2) is 28.1. The lowest BCUT2D eigenvalue weighted by Gasteiger charge is -2.33. The molecule has 0 spiro atoms. The van der Waals surface area contributed by atoms with E-state index in [1.165, 1.54) is 17.7 Å². The number of amides is 8. The Hall–Kier alpha value is -7.06. The second-order valence-corrected chi connectivity index (χ2v) is 20.6. The van der Waals surface area contributed by atoms with Crippen LogP contribution in [0.2, 0.25) is 0 Å². The molecule has 1 aromatic heterocycles. The third kappa shape index (κ3) is 18.3. The average molecular weight is 1040 g/mol. The average Bonchev–Trinajstić information content (AvgIpc) is 3.73. The molecule has 0 bridgehead atoms. The molecule has 24 nitrogen and oxygen atoms in total. The number of benzene rings is 2. The van der Waals surface area contributed by atoms with E-state index in [4.69, 9.17) is 28.7 Å². The molecule has 1 fully saturated rings. The summed E-state index contributed by atoms with van der Waals surface area (Å²) in [5.41, 5.74) is 29.9. The van der Waals surface area contributed by atoms with Crippen LogP contribution < -0.4 is 65.9 Å². The van der Waals surface area contributed by atoms with Crippen molar-refractivity contribution in [3.63, 3.8) is 0 Å². The Bertz CT molecular complexity index is 2430. The van der Waals surface area contributed by atoms with Gasteiger partial charge in [-0.05, 0) is 63.1 Å². The number of fused-ring (bicyclic) bond motifs is 1. The maximum absolute atomic E-state index is 14.5. The van der Waals surface area contributed by atoms with Crippen molar-refractivity contribution in [1.82, 2.24) is 42.2 Å². The number of primary amides is 1. The summed E-state index contributed by atoms with van der Waals surface area (Å²) in [6.45, 7) is 3.79. The largest absolute Gasteiger partial charge is 0.394 e. The number of aliphatic hydroxyl groups is 1. The molecule has 0 unspecified atom stereocenters. The van der Waals surface area contributed by atoms with Crippen LogP contribution in [0.5, 0.6) is 0 Å². The SMILES string of the molecule is CC(=O)N[C@H](CCCN=C(N)N)C(=O)N[C@H]1CCSSC(C)(C)[C@@H](C(N)=O)NC(=O)[C@H](Cc2c[nH]c3ccccc23)NC(=O)[C@H](CCCN=C(N)N)NC(=O)[C@@H](Cc2ccccc2)NC(=O)[C@H](CO)NC1=O. The molecule has 4 rings (SSSR count). The molecule has 392 valence electrons. The number of H-pyrrole nitrogens is 1. The number of carbonyl (C=O) groups is 8. The fourth-order valence-electron chi connectivity index (χ4n) is 7.64. The molecule has 7 atom stereocenters. The fourth-order valence-corrected chi connectivity index (χ4v) is 10.4. The molecule has 3 aromatic rings. The van der Waals surface area contributed by atoms with Crippen LogP contribution in [0, 0.1) is 0 Å². The highest BCUT2D eigenvalue weighted by molar-refractivity contribution is 8.77. The molecule has 0 saturated carbocycles. The monoisotopic (exact) mass is 1040 g/mol. The number of aromatic nitrogens is 1. The van der Waals surface area contributed by atoms with Crippen LogP contribution in [-0.4, -0.2) is 142 Å². The van der Waals surface area contributed by atoms with Gasteiger partial charge in [0.2, 0.25) is 47.3 Å². The Morgan fingerprint density at radius 1 is 0.750 bits per heavy atom. The minimum absolute atomic E-state index is 0.0586. The maximum atomic E-state index is 14.5. The zero-order chi connectivity index (χ0) is 53.0. The summed E-state index contributed by atoms with van der Waals surface area (Å²) in [5.74, 6) is -6.75. The fraction of sp³-hybridized carbons (Fsp3) is 0.478. The van der Waals surface area contributed by atoms with Crippen LogP contribution in [0.1, 0.15) is 64.0 Å². The minimum atomic E-state index is -1.67. The van der Waals surface area contributed by atoms with Crippen molar-refractivity contribution in [2.24, 2.45) is 38.7 Å². The van der Waals surface area contributed by atoms with Crippen molar-refractivity contribution in [3.8, 4) is 0 Å². The van der Waals surface area contributed by atoms with Gasteiger partial charge in [-0.2, -0.15) is 0 Å². The van der Waals surface area contributed by atoms with E-state index in [0.717, 1.165) is 21.7 Å². The third-order valence-corrected chi connectivity index (χ3v) is 14.7. The van der Waals surface area contributed by atoms with Crippen molar-refractivity contribution in [2.75, 3.05) is 25.4 Å². The van der Waals surface area contributed by atoms with Gasteiger partial charge in [-0.1, -0.05) is 70.1 Å². The van der Waals surface area contributed by atoms with E-state index in [2.05, 4.69) is 52.2 Å². The number of nitrogens with two attached hydrogens (primary N) is 5. The van der Waals surface area contributed by atoms with Crippen LogP contribution in [0.25, 0.3) is 10.9 Å². The predicted molar refractivity (Wildman–Crippen MR) is 276 cm³/mol. The molecule has 0 radical (unpaired) electrons. The number of carbonyl (C=O) groups excluding carboxylic acids is 8. The quantitative estimate of drug-likeness (QED) is 0.0288. The number of rotatable bonds is 17. The van der Waals surface area contributed by atoms with Gasteiger partial charge in [-0.3, -0.25) is 48.3 Å². The Labute approximate surface area is 424 Å². The van der Waals surface area contributed by atoms with Gasteiger partial charge in [-0.25, -0.2) is 0 Å². The zero-order valence-corrected chi connectivity index (χ0v) is 42.0. The highest BCUT2D eigenvalue weighted by Gasteiger charge is 2.39. The van der Waals surface area contributed by atoms with Gasteiger partial charge in [-0.15, -0.1) is 0 Å². The van der Waals surface area contributed by atoms with Crippen LogP contribution >= 0.6 is 21.6 Å². The number of nitrogens with one attached hydrogen (secondary N) is 8. The van der Waals surface area contributed by atoms with Crippen molar-refractivity contribution in [1.29, 1.82) is 0 Å². The Morgan fingerprint density at radius 2 is 1.32 bits per heavy atom. The molecule has 2 aromatic carbocycles. The van der Waals surface area contributed by atoms with Gasteiger partial charge in [0.1, 0.15) is 42.3 Å². The van der Waals surface area contributed by atoms with Crippen molar-refractivity contribution in [3.05, 3.63) is 71.9 Å². The highest BCUT2D eigenvalue weighted by Crippen LogP contribution is 2.39. The van der Waals surface area contributed by atoms with Crippen molar-refractivity contribution >= 4 is 91.7 Å². The van der Waals surface area contributed by atoms with Crippen molar-refractivity contribution in [2.45, 2.75) is 113 Å². The summed E-state index contributed by atoms with van der Waals surface area (Å²) in [6, 6.07) is 6.26. The Kier molecular flexibility index (Phi) is 22.4. The summed E-state index contributed by atoms with van der Waals surface area (Å²) < 4.78 is -1.15. The minimum Gasteiger partial charge on any atom is -0.394 e. The zero-order valence-electron chi connectivity index (χ0n) is 40.4. The van der Waals surface area contributed by atoms with Crippen LogP contribution in [0.4, 0.5) is 0 Å². The molecule has 1 saturated heterocycles. The van der Waals surface area contributed by atoms with Gasteiger partial charge < -0.3 is 76.0 Å². The Balaban J connectivity index is 1.79. The van der Waals surface area contributed by atoms with Gasteiger partial charge >= 0.3 is 0 Å². The first-order chi connectivity index (χ1) is 34.2. The van der Waals surface area contributed by atoms with Crippen LogP contribution in [-0.2, 0) is 51.2 Å². The number of hydrogen-bond donors (Lipinski definition) is 14. The molecule has 8 amide bonds. The Morgan fingerprint density at radius 3 is 1.96 bits per heavy atom. The molecule has 0 aliphatic carbocycles. The lowest BCUT2D eigenvalue weighted by atomic mass is 9.99. The van der Waals surface area contributed by atoms with Gasteiger partial charge in [0.05, 0.1) is 6.61 Å². The molecular weight excluding hydrogens is 971 g/mol. The van der Waals surface area contributed by atoms with E-state index in [9.17, 15) is 43.5 Å². The van der Waals surface area contributed by atoms with E-state index >= 15 is 0 Å². The number of guanidine groups is 2. The van der Waals surface area contributed by atoms with E-state index in [1.54, 1.807) is 50.4 Å². The highest BCUT2D eigenvalue weighted by atomic mass is 33.1. The van der Waals surface area contributed by atoms with E-state index in [-0.39, 0.29) is 75.7 Å². The molecular formula is C46H67N15O9S2. The normalized spacial score (nSPS) is 22.0. The number of aliphatic imine (C=N–C) groups is 2. The lowest BCUT2D eigenvalue weighted by Crippen LogP contribution is -2.62. The smallest absolute Gasteiger partial charge is 0.245 e. The number of para-hydroxylation sites is 1. The first kappa shape index (κ1) is 57.5. The number of nitrogens with zero attached hydrogens (tertiary/aromatic N) is 2. The van der Waals surface area contributed by atoms with Gasteiger partial charge in [0, 0.05) is 60.5 Å². The molecule has 19 N–H and O–H groups in total. The summed E-state index contributed by atoms with van der Waals surface area (Å²) in [5, 5.41) is 29.9. The summed E-state index contributed by atoms with van der Waals surface area (Å²) >= 11 is 0. The van der Waals surface area contributed by atoms with E-state index in [0.29, 0.717) is 11.1 Å².